The van der Waals surface area contributed by atoms with Crippen LogP contribution in [-0.4, -0.2) is 108 Å². The average Bonchev–Trinajstić information content (AvgIpc) is 1.55. The Morgan fingerprint density at radius 2 is 0.515 bits per heavy atom. The second kappa shape index (κ2) is 22.3. The minimum absolute atomic E-state index is 0.511. The van der Waals surface area contributed by atoms with Gasteiger partial charge in [-0.15, -0.1) is 11.8 Å². The monoisotopic (exact) mass is 1350 g/mol. The summed E-state index contributed by atoms with van der Waals surface area (Å²) in [6.45, 7) is 8.35. The number of benzene rings is 8. The van der Waals surface area contributed by atoms with E-state index >= 15 is 0 Å². The van der Waals surface area contributed by atoms with Gasteiger partial charge in [0.25, 0.3) is 0 Å². The van der Waals surface area contributed by atoms with E-state index in [0.29, 0.717) is 105 Å². The van der Waals surface area contributed by atoms with Crippen molar-refractivity contribution < 1.29 is 11.1 Å². The van der Waals surface area contributed by atoms with Crippen LogP contribution in [0.25, 0.3) is 43.1 Å². The number of amidine groups is 8. The molecule has 23 heteroatoms. The van der Waals surface area contributed by atoms with E-state index in [9.17, 15) is 0 Å². The molecule has 20 rings (SSSR count). The predicted molar refractivity (Wildman–Crippen MR) is 394 cm³/mol. The van der Waals surface area contributed by atoms with Gasteiger partial charge in [-0.1, -0.05) is 219 Å². The molecule has 0 N–H and O–H groups in total. The Balaban J connectivity index is 0.874. The molecule has 8 aliphatic heterocycles. The van der Waals surface area contributed by atoms with Gasteiger partial charge in [-0.3, -0.25) is 0 Å². The fraction of sp³-hybridized carbons (Fsp3) is 0.105. The average molecular weight is 1350 g/mol. The van der Waals surface area contributed by atoms with E-state index in [4.69, 9.17) is 71.0 Å². The molecule has 0 saturated heterocycles. The number of hydrogen-bond acceptors (Lipinski definition) is 15. The molecule has 0 amide bonds. The standard InChI is InChI=1S/2C32H16N8.C12H20O3Si2.2Al/c2*1-2-10-18-17(9-1)25-33-26(18)38-28-21-13-5-6-14-22(21)30(35-28)40-32-24-16-8-7-15-23(24)31(36-32)39-29-20-12-4-3-11-19(20)27(34-29)37-25;1-5-7-9-11-16(3,13)15-17(4,14)12-10-8-6-2;;/h2*1-16H;5-8H2,1-4H3;;/q3*-2;2*+3. The highest BCUT2D eigenvalue weighted by molar-refractivity contribution is 6.92. The van der Waals surface area contributed by atoms with Gasteiger partial charge in [0.1, 0.15) is 45.2 Å². The number of nitrogens with zero attached hydrogens (tertiary/aromatic N) is 16. The summed E-state index contributed by atoms with van der Waals surface area (Å²) in [4.78, 5) is 66.8. The lowest BCUT2D eigenvalue weighted by Crippen LogP contribution is -2.61. The van der Waals surface area contributed by atoms with Crippen molar-refractivity contribution in [2.75, 3.05) is 0 Å². The molecule has 12 aromatic rings. The van der Waals surface area contributed by atoms with Crippen LogP contribution in [-0.2, 0) is 11.1 Å². The van der Waals surface area contributed by atoms with Crippen LogP contribution in [0.3, 0.4) is 0 Å². The molecule has 12 bridgehead atoms. The molecule has 0 aliphatic carbocycles. The molecule has 2 atom stereocenters. The summed E-state index contributed by atoms with van der Waals surface area (Å²) >= 11 is -7.34. The summed E-state index contributed by atoms with van der Waals surface area (Å²) in [7, 11) is -8.41. The fourth-order valence-corrected chi connectivity index (χ4v) is 29.2. The van der Waals surface area contributed by atoms with Gasteiger partial charge in [-0.25, -0.2) is 59.9 Å². The van der Waals surface area contributed by atoms with Crippen molar-refractivity contribution in [3.63, 3.8) is 0 Å². The number of aromatic nitrogens is 4. The van der Waals surface area contributed by atoms with Gasteiger partial charge in [0.2, 0.25) is 0 Å². The Kier molecular flexibility index (Phi) is 13.1. The molecule has 8 aliphatic rings. The van der Waals surface area contributed by atoms with E-state index in [1.54, 1.807) is 0 Å². The smallest absolute Gasteiger partial charge is 0.480 e. The topological polar surface area (TPSA) is 196 Å². The zero-order valence-corrected chi connectivity index (χ0v) is 58.1. The number of aliphatic imine (C=N–C) groups is 8. The quantitative estimate of drug-likeness (QED) is 0.108. The van der Waals surface area contributed by atoms with Crippen molar-refractivity contribution in [1.29, 1.82) is 0 Å². The Bertz CT molecular complexity index is 5710. The summed E-state index contributed by atoms with van der Waals surface area (Å²) in [5, 5.41) is 6.70. The Morgan fingerprint density at radius 1 is 0.293 bits per heavy atom. The van der Waals surface area contributed by atoms with Crippen LogP contribution in [0.1, 0.15) is 84.0 Å². The van der Waals surface area contributed by atoms with Crippen LogP contribution in [0.4, 0.5) is 23.3 Å². The van der Waals surface area contributed by atoms with Crippen molar-refractivity contribution in [3.8, 4) is 22.9 Å². The largest absolute Gasteiger partial charge is 0.800 e. The first-order valence-electron chi connectivity index (χ1n) is 33.2. The zero-order chi connectivity index (χ0) is 65.8. The van der Waals surface area contributed by atoms with Crippen LogP contribution in [0.15, 0.2) is 254 Å². The Morgan fingerprint density at radius 3 is 0.758 bits per heavy atom. The molecule has 468 valence electrons. The van der Waals surface area contributed by atoms with E-state index in [0.717, 1.165) is 100 Å². The lowest BCUT2D eigenvalue weighted by molar-refractivity contribution is 0.340. The van der Waals surface area contributed by atoms with E-state index in [-0.39, 0.29) is 0 Å². The first kappa shape index (κ1) is 58.2. The summed E-state index contributed by atoms with van der Waals surface area (Å²) < 4.78 is 34.0. The van der Waals surface area contributed by atoms with Crippen LogP contribution >= 0.6 is 0 Å². The van der Waals surface area contributed by atoms with E-state index in [2.05, 4.69) is 148 Å². The maximum absolute atomic E-state index is 8.47. The molecule has 4 aromatic heterocycles. The summed E-state index contributed by atoms with van der Waals surface area (Å²) in [5.41, 5.74) is 16.8. The molecule has 2 unspecified atom stereocenters. The first-order chi connectivity index (χ1) is 48.7. The highest BCUT2D eigenvalue weighted by Crippen LogP contribution is 2.44. The van der Waals surface area contributed by atoms with Crippen LogP contribution in [0.2, 0.25) is 13.1 Å². The van der Waals surface area contributed by atoms with E-state index in [1.807, 2.05) is 110 Å². The minimum atomic E-state index is -4.21. The number of unbranched alkanes of at least 4 members (excludes halogenated alkanes) is 2. The first-order valence-corrected chi connectivity index (χ1v) is 40.9. The maximum atomic E-state index is 8.47. The van der Waals surface area contributed by atoms with Gasteiger partial charge in [-0.2, -0.15) is 0 Å². The fourth-order valence-electron chi connectivity index (χ4n) is 14.6. The molecule has 12 heterocycles. The highest BCUT2D eigenvalue weighted by atomic mass is 28.5. The third kappa shape index (κ3) is 8.95. The van der Waals surface area contributed by atoms with Crippen molar-refractivity contribution in [1.82, 2.24) is 14.2 Å². The van der Waals surface area contributed by atoms with Gasteiger partial charge in [0.05, 0.1) is 0 Å². The third-order valence-electron chi connectivity index (χ3n) is 19.0. The molecule has 8 aromatic carbocycles. The molecule has 0 saturated carbocycles. The van der Waals surface area contributed by atoms with Crippen molar-refractivity contribution in [2.24, 2.45) is 59.9 Å². The third-order valence-corrected chi connectivity index (χ3v) is 32.3. The summed E-state index contributed by atoms with van der Waals surface area (Å²) in [6, 6.07) is 65.6. The number of fused-ring (bicyclic) bond motifs is 28. The van der Waals surface area contributed by atoms with Gasteiger partial charge in [0, 0.05) is 100 Å². The molecule has 99 heavy (non-hydrogen) atoms. The molecule has 0 spiro atoms. The van der Waals surface area contributed by atoms with Crippen LogP contribution in [0, 0.1) is 22.9 Å². The summed E-state index contributed by atoms with van der Waals surface area (Å²) in [6.07, 6.45) is 2.68. The lowest BCUT2D eigenvalue weighted by Gasteiger charge is -2.35. The summed E-state index contributed by atoms with van der Waals surface area (Å²) in [5.74, 6) is 13.7. The maximum Gasteiger partial charge on any atom is 0.800 e. The van der Waals surface area contributed by atoms with Crippen molar-refractivity contribution in [3.05, 3.63) is 261 Å². The van der Waals surface area contributed by atoms with Crippen molar-refractivity contribution in [2.45, 2.75) is 52.6 Å². The molecule has 0 fully saturated rings. The molecular formula is C76H52Al2N16O3Si2. The van der Waals surface area contributed by atoms with Gasteiger partial charge in [0.15, 0.2) is 46.7 Å². The minimum Gasteiger partial charge on any atom is -0.480 e. The van der Waals surface area contributed by atoms with Gasteiger partial charge < -0.3 is 25.3 Å². The van der Waals surface area contributed by atoms with E-state index < -0.39 is 47.0 Å². The van der Waals surface area contributed by atoms with Gasteiger partial charge in [-0.05, 0) is 25.9 Å². The SMILES string of the molecule is CCCC#C[Si](C)([O][Al]1[n]2c3c4ccccc4c2N=C2N=C(N=c4c5ccccc5c([n]41)=NC1=NC(=N3)c3ccccc31)c1ccccc12)O[Si](C)(C#CCCC)[O][Al]1[n]2c3c4ccccc4c2N=C2N=C(N=c4c5ccccc5c([n]41)=NC1=NC(=N3)c3ccccc31)c1ccccc12. The van der Waals surface area contributed by atoms with Gasteiger partial charge >= 0.3 is 47.0 Å². The van der Waals surface area contributed by atoms with Crippen LogP contribution < -0.4 is 22.0 Å². The second-order valence-electron chi connectivity index (χ2n) is 25.3. The number of rotatable bonds is 8. The Labute approximate surface area is 577 Å². The Hall–Kier alpha value is -11.0. The zero-order valence-electron chi connectivity index (χ0n) is 53.8. The van der Waals surface area contributed by atoms with E-state index in [1.165, 1.54) is 0 Å². The van der Waals surface area contributed by atoms with Crippen molar-refractivity contribution >= 4 is 160 Å². The molecule has 19 nitrogen and oxygen atoms in total. The molecule has 0 radical (unpaired) electrons. The van der Waals surface area contributed by atoms with Crippen LogP contribution in [0.5, 0.6) is 0 Å². The lowest BCUT2D eigenvalue weighted by atomic mass is 10.1. The molecular weight excluding hydrogens is 1300 g/mol. The number of hydrogen-bond donors (Lipinski definition) is 0. The normalized spacial score (nSPS) is 16.3. The second-order valence-corrected chi connectivity index (χ2v) is 35.7. The predicted octanol–water partition coefficient (Wildman–Crippen LogP) is 11.7. The highest BCUT2D eigenvalue weighted by Gasteiger charge is 2.55.